The molecular weight excluding hydrogens is 310 g/mol. The number of halogens is 1. The van der Waals surface area contributed by atoms with E-state index in [0.717, 1.165) is 31.6 Å². The molecule has 0 unspecified atom stereocenters. The molecule has 1 aliphatic rings. The molecule has 0 aromatic heterocycles. The Morgan fingerprint density at radius 1 is 1.24 bits per heavy atom. The quantitative estimate of drug-likeness (QED) is 0.888. The lowest BCUT2D eigenvalue weighted by molar-refractivity contribution is 0.188. The maximum Gasteiger partial charge on any atom is 0.244 e. The second-order valence-corrected chi connectivity index (χ2v) is 7.53. The average Bonchev–Trinajstić information content (AvgIpc) is 2.48. The van der Waals surface area contributed by atoms with Crippen molar-refractivity contribution < 1.29 is 8.42 Å². The summed E-state index contributed by atoms with van der Waals surface area (Å²) in [7, 11) is -3.54. The van der Waals surface area contributed by atoms with Gasteiger partial charge in [-0.25, -0.2) is 8.42 Å². The van der Waals surface area contributed by atoms with Gasteiger partial charge in [0.2, 0.25) is 10.0 Å². The van der Waals surface area contributed by atoms with Crippen LogP contribution in [0.3, 0.4) is 0 Å². The molecule has 1 aromatic rings. The molecule has 0 spiro atoms. The minimum absolute atomic E-state index is 0.163. The fourth-order valence-corrected chi connectivity index (χ4v) is 4.47. The van der Waals surface area contributed by atoms with Gasteiger partial charge in [0.05, 0.1) is 5.02 Å². The van der Waals surface area contributed by atoms with Crippen molar-refractivity contribution in [1.82, 2.24) is 9.21 Å². The Hall–Kier alpha value is -0.660. The molecule has 1 aliphatic heterocycles. The van der Waals surface area contributed by atoms with E-state index in [1.807, 2.05) is 0 Å². The van der Waals surface area contributed by atoms with Crippen LogP contribution in [0.25, 0.3) is 0 Å². The highest BCUT2D eigenvalue weighted by Gasteiger charge is 2.29. The molecule has 7 heteroatoms. The first-order chi connectivity index (χ1) is 9.98. The SMILES string of the molecule is CCCN1CCN(S(=O)(=O)c2cc(CN)ccc2Cl)CC1. The molecule has 5 nitrogen and oxygen atoms in total. The van der Waals surface area contributed by atoms with Crippen LogP contribution in [0.2, 0.25) is 5.02 Å². The molecule has 2 N–H and O–H groups in total. The van der Waals surface area contributed by atoms with E-state index in [1.165, 1.54) is 4.31 Å². The van der Waals surface area contributed by atoms with Gasteiger partial charge in [0.25, 0.3) is 0 Å². The molecule has 0 radical (unpaired) electrons. The van der Waals surface area contributed by atoms with E-state index in [1.54, 1.807) is 18.2 Å². The molecule has 2 rings (SSSR count). The Balaban J connectivity index is 2.19. The molecule has 0 aliphatic carbocycles. The topological polar surface area (TPSA) is 66.6 Å². The number of nitrogens with two attached hydrogens (primary N) is 1. The second-order valence-electron chi connectivity index (χ2n) is 5.21. The number of sulfonamides is 1. The van der Waals surface area contributed by atoms with Crippen molar-refractivity contribution in [3.8, 4) is 0 Å². The molecule has 1 aromatic carbocycles. The summed E-state index contributed by atoms with van der Waals surface area (Å²) in [4.78, 5) is 2.44. The van der Waals surface area contributed by atoms with Crippen LogP contribution in [0.4, 0.5) is 0 Å². The van der Waals surface area contributed by atoms with Gasteiger partial charge in [-0.05, 0) is 30.7 Å². The number of piperazine rings is 1. The largest absolute Gasteiger partial charge is 0.326 e. The third kappa shape index (κ3) is 3.76. The van der Waals surface area contributed by atoms with Gasteiger partial charge in [-0.3, -0.25) is 0 Å². The first-order valence-electron chi connectivity index (χ1n) is 7.20. The van der Waals surface area contributed by atoms with Crippen LogP contribution in [0.5, 0.6) is 0 Å². The third-order valence-electron chi connectivity index (χ3n) is 3.72. The van der Waals surface area contributed by atoms with E-state index in [4.69, 9.17) is 17.3 Å². The van der Waals surface area contributed by atoms with Crippen LogP contribution < -0.4 is 5.73 Å². The van der Waals surface area contributed by atoms with Crippen LogP contribution in [-0.4, -0.2) is 50.3 Å². The van der Waals surface area contributed by atoms with Crippen molar-refractivity contribution in [2.75, 3.05) is 32.7 Å². The van der Waals surface area contributed by atoms with Crippen molar-refractivity contribution in [2.45, 2.75) is 24.8 Å². The molecule has 0 atom stereocenters. The molecular formula is C14H22ClN3O2S. The predicted octanol–water partition coefficient (Wildman–Crippen LogP) is 1.52. The molecule has 118 valence electrons. The van der Waals surface area contributed by atoms with E-state index < -0.39 is 10.0 Å². The number of nitrogens with zero attached hydrogens (tertiary/aromatic N) is 2. The van der Waals surface area contributed by atoms with Gasteiger partial charge in [0.15, 0.2) is 0 Å². The summed E-state index contributed by atoms with van der Waals surface area (Å²) in [5.74, 6) is 0. The zero-order valence-corrected chi connectivity index (χ0v) is 13.8. The van der Waals surface area contributed by atoms with Crippen LogP contribution >= 0.6 is 11.6 Å². The maximum absolute atomic E-state index is 12.7. The molecule has 0 bridgehead atoms. The third-order valence-corrected chi connectivity index (χ3v) is 6.10. The Kier molecular flexibility index (Phi) is 5.62. The van der Waals surface area contributed by atoms with Gasteiger partial charge in [0, 0.05) is 32.7 Å². The monoisotopic (exact) mass is 331 g/mol. The van der Waals surface area contributed by atoms with Crippen LogP contribution in [0.15, 0.2) is 23.1 Å². The van der Waals surface area contributed by atoms with Crippen LogP contribution in [0, 0.1) is 0 Å². The number of benzene rings is 1. The Bertz CT molecular complexity index is 584. The lowest BCUT2D eigenvalue weighted by Crippen LogP contribution is -2.48. The van der Waals surface area contributed by atoms with Gasteiger partial charge in [-0.1, -0.05) is 24.6 Å². The lowest BCUT2D eigenvalue weighted by atomic mass is 10.2. The Morgan fingerprint density at radius 3 is 2.48 bits per heavy atom. The minimum atomic E-state index is -3.54. The van der Waals surface area contributed by atoms with Crippen molar-refractivity contribution in [3.05, 3.63) is 28.8 Å². The first-order valence-corrected chi connectivity index (χ1v) is 9.02. The standard InChI is InChI=1S/C14H22ClN3O2S/c1-2-5-17-6-8-18(9-7-17)21(19,20)14-10-12(11-16)3-4-13(14)15/h3-4,10H,2,5-9,11,16H2,1H3. The fraction of sp³-hybridized carbons (Fsp3) is 0.571. The highest BCUT2D eigenvalue weighted by molar-refractivity contribution is 7.89. The highest BCUT2D eigenvalue weighted by Crippen LogP contribution is 2.26. The summed E-state index contributed by atoms with van der Waals surface area (Å²) in [5, 5.41) is 0.253. The minimum Gasteiger partial charge on any atom is -0.326 e. The summed E-state index contributed by atoms with van der Waals surface area (Å²) in [6.45, 7) is 5.97. The van der Waals surface area contributed by atoms with E-state index in [0.29, 0.717) is 19.6 Å². The van der Waals surface area contributed by atoms with Crippen molar-refractivity contribution in [2.24, 2.45) is 5.73 Å². The van der Waals surface area contributed by atoms with E-state index in [9.17, 15) is 8.42 Å². The average molecular weight is 332 g/mol. The van der Waals surface area contributed by atoms with Crippen LogP contribution in [0.1, 0.15) is 18.9 Å². The zero-order valence-electron chi connectivity index (χ0n) is 12.3. The number of rotatable bonds is 5. The summed E-state index contributed by atoms with van der Waals surface area (Å²) >= 11 is 6.08. The van der Waals surface area contributed by atoms with E-state index >= 15 is 0 Å². The fourth-order valence-electron chi connectivity index (χ4n) is 2.52. The molecule has 0 amide bonds. The second kappa shape index (κ2) is 7.07. The number of hydrogen-bond acceptors (Lipinski definition) is 4. The van der Waals surface area contributed by atoms with E-state index in [-0.39, 0.29) is 9.92 Å². The Morgan fingerprint density at radius 2 is 1.90 bits per heavy atom. The van der Waals surface area contributed by atoms with E-state index in [2.05, 4.69) is 11.8 Å². The Labute approximate surface area is 131 Å². The van der Waals surface area contributed by atoms with Crippen LogP contribution in [-0.2, 0) is 16.6 Å². The van der Waals surface area contributed by atoms with Gasteiger partial charge < -0.3 is 10.6 Å². The maximum atomic E-state index is 12.7. The zero-order chi connectivity index (χ0) is 15.5. The summed E-state index contributed by atoms with van der Waals surface area (Å²) in [6, 6.07) is 4.93. The van der Waals surface area contributed by atoms with Crippen molar-refractivity contribution in [3.63, 3.8) is 0 Å². The normalized spacial score (nSPS) is 18.0. The molecule has 1 saturated heterocycles. The van der Waals surface area contributed by atoms with Gasteiger partial charge in [-0.2, -0.15) is 4.31 Å². The smallest absolute Gasteiger partial charge is 0.244 e. The predicted molar refractivity (Wildman–Crippen MR) is 84.8 cm³/mol. The van der Waals surface area contributed by atoms with Crippen molar-refractivity contribution >= 4 is 21.6 Å². The lowest BCUT2D eigenvalue weighted by Gasteiger charge is -2.33. The summed E-state index contributed by atoms with van der Waals surface area (Å²) < 4.78 is 27.0. The highest BCUT2D eigenvalue weighted by atomic mass is 35.5. The summed E-state index contributed by atoms with van der Waals surface area (Å²) in [6.07, 6.45) is 1.08. The van der Waals surface area contributed by atoms with Crippen molar-refractivity contribution in [1.29, 1.82) is 0 Å². The van der Waals surface area contributed by atoms with Gasteiger partial charge in [0.1, 0.15) is 4.90 Å². The molecule has 21 heavy (non-hydrogen) atoms. The van der Waals surface area contributed by atoms with Gasteiger partial charge in [-0.15, -0.1) is 0 Å². The molecule has 1 fully saturated rings. The molecule has 0 saturated carbocycles. The van der Waals surface area contributed by atoms with Gasteiger partial charge >= 0.3 is 0 Å². The summed E-state index contributed by atoms with van der Waals surface area (Å²) in [5.41, 5.74) is 6.35. The molecule has 1 heterocycles. The first kappa shape index (κ1) is 16.7. The number of hydrogen-bond donors (Lipinski definition) is 1.